The Bertz CT molecular complexity index is 427. The molecule has 0 spiro atoms. The van der Waals surface area contributed by atoms with Gasteiger partial charge in [-0.15, -0.1) is 11.8 Å². The molecule has 0 fully saturated rings. The van der Waals surface area contributed by atoms with Gasteiger partial charge in [0.2, 0.25) is 0 Å². The molecular formula is C11H13F3N2S. The Labute approximate surface area is 102 Å². The molecule has 94 valence electrons. The molecule has 0 atom stereocenters. The monoisotopic (exact) mass is 262 g/mol. The molecule has 0 aliphatic carbocycles. The number of nitrogens with two attached hydrogens (primary N) is 1. The van der Waals surface area contributed by atoms with Crippen LogP contribution in [0.15, 0.2) is 23.1 Å². The summed E-state index contributed by atoms with van der Waals surface area (Å²) in [6.07, 6.45) is -4.48. The molecule has 17 heavy (non-hydrogen) atoms. The van der Waals surface area contributed by atoms with Gasteiger partial charge in [0.25, 0.3) is 0 Å². The van der Waals surface area contributed by atoms with Gasteiger partial charge in [0, 0.05) is 15.7 Å². The van der Waals surface area contributed by atoms with E-state index in [1.807, 2.05) is 13.8 Å². The summed E-state index contributed by atoms with van der Waals surface area (Å²) < 4.78 is 37.9. The molecule has 1 aromatic carbocycles. The summed E-state index contributed by atoms with van der Waals surface area (Å²) in [5, 5.41) is 7.46. The van der Waals surface area contributed by atoms with Crippen LogP contribution in [0.25, 0.3) is 0 Å². The molecule has 0 bridgehead atoms. The largest absolute Gasteiger partial charge is 0.417 e. The van der Waals surface area contributed by atoms with Crippen molar-refractivity contribution in [2.45, 2.75) is 30.2 Å². The quantitative estimate of drug-likeness (QED) is 0.497. The third-order valence-electron chi connectivity index (χ3n) is 1.96. The Morgan fingerprint density at radius 1 is 1.35 bits per heavy atom. The first-order valence-electron chi connectivity index (χ1n) is 4.94. The van der Waals surface area contributed by atoms with Crippen LogP contribution < -0.4 is 5.73 Å². The van der Waals surface area contributed by atoms with E-state index in [1.54, 1.807) is 0 Å². The maximum absolute atomic E-state index is 12.6. The van der Waals surface area contributed by atoms with E-state index in [4.69, 9.17) is 11.1 Å². The number of benzene rings is 1. The smallest absolute Gasteiger partial charge is 0.384 e. The predicted octanol–water partition coefficient (Wildman–Crippen LogP) is 3.49. The lowest BCUT2D eigenvalue weighted by atomic mass is 10.1. The van der Waals surface area contributed by atoms with Crippen LogP contribution >= 0.6 is 11.8 Å². The fourth-order valence-corrected chi connectivity index (χ4v) is 2.22. The molecular weight excluding hydrogens is 249 g/mol. The van der Waals surface area contributed by atoms with Crippen LogP contribution in [-0.4, -0.2) is 11.1 Å². The first-order valence-corrected chi connectivity index (χ1v) is 5.82. The second-order valence-electron chi connectivity index (χ2n) is 3.79. The van der Waals surface area contributed by atoms with Gasteiger partial charge in [-0.25, -0.2) is 0 Å². The van der Waals surface area contributed by atoms with Crippen LogP contribution in [0.2, 0.25) is 0 Å². The van der Waals surface area contributed by atoms with Crippen LogP contribution in [0.4, 0.5) is 13.2 Å². The molecule has 1 rings (SSSR count). The lowest BCUT2D eigenvalue weighted by molar-refractivity contribution is -0.137. The summed E-state index contributed by atoms with van der Waals surface area (Å²) in [5.41, 5.74) is 4.06. The van der Waals surface area contributed by atoms with E-state index in [1.165, 1.54) is 23.9 Å². The molecule has 0 unspecified atom stereocenters. The van der Waals surface area contributed by atoms with Crippen molar-refractivity contribution in [3.05, 3.63) is 29.3 Å². The van der Waals surface area contributed by atoms with Crippen molar-refractivity contribution in [1.82, 2.24) is 0 Å². The molecule has 1 aromatic rings. The fourth-order valence-electron chi connectivity index (χ4n) is 1.34. The minimum Gasteiger partial charge on any atom is -0.384 e. The van der Waals surface area contributed by atoms with E-state index in [9.17, 15) is 13.2 Å². The number of rotatable bonds is 3. The standard InChI is InChI=1S/C11H13F3N2S/c1-6(2)17-7-3-4-9(11(12,13)14)8(5-7)10(15)16/h3-6H,1-2H3,(H3,15,16). The van der Waals surface area contributed by atoms with Gasteiger partial charge in [0.1, 0.15) is 5.84 Å². The summed E-state index contributed by atoms with van der Waals surface area (Å²) in [6, 6.07) is 3.69. The molecule has 0 saturated carbocycles. The van der Waals surface area contributed by atoms with Gasteiger partial charge in [-0.1, -0.05) is 13.8 Å². The number of alkyl halides is 3. The van der Waals surface area contributed by atoms with Crippen LogP contribution in [0.1, 0.15) is 25.0 Å². The van der Waals surface area contributed by atoms with Gasteiger partial charge in [-0.2, -0.15) is 13.2 Å². The van der Waals surface area contributed by atoms with E-state index in [-0.39, 0.29) is 10.8 Å². The maximum Gasteiger partial charge on any atom is 0.417 e. The van der Waals surface area contributed by atoms with Crippen LogP contribution in [-0.2, 0) is 6.18 Å². The second-order valence-corrected chi connectivity index (χ2v) is 5.44. The lowest BCUT2D eigenvalue weighted by Gasteiger charge is -2.14. The average Bonchev–Trinajstić information content (AvgIpc) is 2.14. The number of nitrogen functional groups attached to an aromatic ring is 1. The lowest BCUT2D eigenvalue weighted by Crippen LogP contribution is -2.18. The van der Waals surface area contributed by atoms with E-state index in [0.717, 1.165) is 6.07 Å². The van der Waals surface area contributed by atoms with E-state index in [0.29, 0.717) is 4.90 Å². The third kappa shape index (κ3) is 3.66. The Morgan fingerprint density at radius 3 is 2.35 bits per heavy atom. The Balaban J connectivity index is 3.23. The minimum atomic E-state index is -4.48. The fraction of sp³-hybridized carbons (Fsp3) is 0.364. The molecule has 0 aliphatic heterocycles. The summed E-state index contributed by atoms with van der Waals surface area (Å²) in [6.45, 7) is 3.88. The summed E-state index contributed by atoms with van der Waals surface area (Å²) in [5.74, 6) is -0.566. The number of amidine groups is 1. The van der Waals surface area contributed by atoms with Crippen molar-refractivity contribution >= 4 is 17.6 Å². The number of hydrogen-bond acceptors (Lipinski definition) is 2. The first-order chi connectivity index (χ1) is 7.71. The summed E-state index contributed by atoms with van der Waals surface area (Å²) in [7, 11) is 0. The van der Waals surface area contributed by atoms with Crippen LogP contribution in [0, 0.1) is 5.41 Å². The predicted molar refractivity (Wildman–Crippen MR) is 63.5 cm³/mol. The third-order valence-corrected chi connectivity index (χ3v) is 2.96. The zero-order valence-corrected chi connectivity index (χ0v) is 10.2. The van der Waals surface area contributed by atoms with Crippen LogP contribution in [0.5, 0.6) is 0 Å². The van der Waals surface area contributed by atoms with Crippen molar-refractivity contribution in [1.29, 1.82) is 5.41 Å². The summed E-state index contributed by atoms with van der Waals surface area (Å²) in [4.78, 5) is 0.679. The molecule has 0 heterocycles. The first kappa shape index (κ1) is 13.9. The molecule has 3 N–H and O–H groups in total. The van der Waals surface area contributed by atoms with Gasteiger partial charge < -0.3 is 5.73 Å². The highest BCUT2D eigenvalue weighted by molar-refractivity contribution is 7.99. The SMILES string of the molecule is CC(C)Sc1ccc(C(F)(F)F)c(C(=N)N)c1. The van der Waals surface area contributed by atoms with Crippen molar-refractivity contribution in [3.8, 4) is 0 Å². The maximum atomic E-state index is 12.6. The zero-order chi connectivity index (χ0) is 13.2. The molecule has 0 aliphatic rings. The highest BCUT2D eigenvalue weighted by Gasteiger charge is 2.34. The van der Waals surface area contributed by atoms with Gasteiger partial charge >= 0.3 is 6.18 Å². The molecule has 0 radical (unpaired) electrons. The normalized spacial score (nSPS) is 11.9. The van der Waals surface area contributed by atoms with Crippen molar-refractivity contribution < 1.29 is 13.2 Å². The van der Waals surface area contributed by atoms with Crippen molar-refractivity contribution in [2.75, 3.05) is 0 Å². The highest BCUT2D eigenvalue weighted by atomic mass is 32.2. The van der Waals surface area contributed by atoms with E-state index in [2.05, 4.69) is 0 Å². The molecule has 0 amide bonds. The number of thioether (sulfide) groups is 1. The molecule has 2 nitrogen and oxygen atoms in total. The Morgan fingerprint density at radius 2 is 1.94 bits per heavy atom. The minimum absolute atomic E-state index is 0.256. The summed E-state index contributed by atoms with van der Waals surface area (Å²) >= 11 is 1.43. The van der Waals surface area contributed by atoms with Gasteiger partial charge in [0.05, 0.1) is 5.56 Å². The van der Waals surface area contributed by atoms with Crippen molar-refractivity contribution in [2.24, 2.45) is 5.73 Å². The highest BCUT2D eigenvalue weighted by Crippen LogP contribution is 2.34. The van der Waals surface area contributed by atoms with Gasteiger partial charge in [-0.05, 0) is 18.2 Å². The molecule has 0 saturated heterocycles. The number of hydrogen-bond donors (Lipinski definition) is 2. The van der Waals surface area contributed by atoms with Gasteiger partial charge in [0.15, 0.2) is 0 Å². The molecule has 0 aromatic heterocycles. The number of nitrogens with one attached hydrogen (secondary N) is 1. The second kappa shape index (κ2) is 5.00. The average molecular weight is 262 g/mol. The van der Waals surface area contributed by atoms with Crippen LogP contribution in [0.3, 0.4) is 0 Å². The molecule has 6 heteroatoms. The number of halogens is 3. The topological polar surface area (TPSA) is 49.9 Å². The Kier molecular flexibility index (Phi) is 4.08. The van der Waals surface area contributed by atoms with Crippen molar-refractivity contribution in [3.63, 3.8) is 0 Å². The van der Waals surface area contributed by atoms with E-state index >= 15 is 0 Å². The van der Waals surface area contributed by atoms with E-state index < -0.39 is 17.6 Å². The zero-order valence-electron chi connectivity index (χ0n) is 9.43. The van der Waals surface area contributed by atoms with Gasteiger partial charge in [-0.3, -0.25) is 5.41 Å². The Hall–Kier alpha value is -1.17.